The molecule has 1 saturated heterocycles. The molecule has 1 N–H and O–H groups in total. The van der Waals surface area contributed by atoms with Crippen LogP contribution in [0, 0.1) is 5.41 Å². The summed E-state index contributed by atoms with van der Waals surface area (Å²) >= 11 is 0. The van der Waals surface area contributed by atoms with E-state index in [4.69, 9.17) is 4.74 Å². The number of hydrogen-bond acceptors (Lipinski definition) is 4. The summed E-state index contributed by atoms with van der Waals surface area (Å²) in [6, 6.07) is 2.62. The van der Waals surface area contributed by atoms with Crippen molar-refractivity contribution in [3.8, 4) is 0 Å². The molecule has 1 atom stereocenters. The van der Waals surface area contributed by atoms with Gasteiger partial charge in [-0.3, -0.25) is 0 Å². The van der Waals surface area contributed by atoms with Gasteiger partial charge in [-0.1, -0.05) is 6.42 Å². The fraction of sp³-hybridized carbons (Fsp3) is 0.714. The van der Waals surface area contributed by atoms with Gasteiger partial charge in [0.2, 0.25) is 0 Å². The zero-order chi connectivity index (χ0) is 12.3. The molecule has 4 nitrogen and oxygen atoms in total. The van der Waals surface area contributed by atoms with Crippen molar-refractivity contribution >= 4 is 0 Å². The highest BCUT2D eigenvalue weighted by Gasteiger charge is 2.43. The largest absolute Gasteiger partial charge is 0.381 e. The van der Waals surface area contributed by atoms with Crippen LogP contribution < -0.4 is 5.32 Å². The maximum Gasteiger partial charge on any atom is 0.115 e. The molecule has 1 unspecified atom stereocenters. The molecular weight excluding hydrogens is 226 g/mol. The first kappa shape index (κ1) is 12.1. The van der Waals surface area contributed by atoms with Gasteiger partial charge in [0.25, 0.3) is 0 Å². The number of nitrogens with zero attached hydrogens (tertiary/aromatic N) is 2. The van der Waals surface area contributed by atoms with E-state index in [1.807, 2.05) is 12.3 Å². The Balaban J connectivity index is 1.61. The molecule has 3 rings (SSSR count). The van der Waals surface area contributed by atoms with E-state index in [9.17, 15) is 0 Å². The molecule has 1 aromatic heterocycles. The first-order chi connectivity index (χ1) is 8.89. The van der Waals surface area contributed by atoms with E-state index in [0.717, 1.165) is 25.5 Å². The van der Waals surface area contributed by atoms with Gasteiger partial charge in [-0.15, -0.1) is 0 Å². The van der Waals surface area contributed by atoms with Crippen LogP contribution in [0.5, 0.6) is 0 Å². The molecule has 1 aromatic rings. The second-order valence-corrected chi connectivity index (χ2v) is 5.50. The van der Waals surface area contributed by atoms with Crippen molar-refractivity contribution in [3.05, 3.63) is 24.3 Å². The van der Waals surface area contributed by atoms with E-state index in [1.165, 1.54) is 32.1 Å². The molecule has 4 heteroatoms. The second-order valence-electron chi connectivity index (χ2n) is 5.50. The molecule has 1 saturated carbocycles. The molecule has 1 aliphatic carbocycles. The molecule has 2 heterocycles. The summed E-state index contributed by atoms with van der Waals surface area (Å²) in [6.07, 6.45) is 9.87. The average Bonchev–Trinajstić information content (AvgIpc) is 2.81. The Labute approximate surface area is 108 Å². The number of nitrogens with one attached hydrogen (secondary N) is 1. The average molecular weight is 247 g/mol. The first-order valence-corrected chi connectivity index (χ1v) is 6.95. The Hall–Kier alpha value is -1.00. The molecule has 98 valence electrons. The molecular formula is C14H21N3O. The summed E-state index contributed by atoms with van der Waals surface area (Å²) in [4.78, 5) is 8.23. The quantitative estimate of drug-likeness (QED) is 0.886. The summed E-state index contributed by atoms with van der Waals surface area (Å²) in [6.45, 7) is 2.73. The Morgan fingerprint density at radius 2 is 2.22 bits per heavy atom. The Morgan fingerprint density at radius 3 is 3.00 bits per heavy atom. The summed E-state index contributed by atoms with van der Waals surface area (Å²) in [5, 5.41) is 3.71. The van der Waals surface area contributed by atoms with Crippen molar-refractivity contribution < 1.29 is 4.74 Å². The van der Waals surface area contributed by atoms with E-state index in [2.05, 4.69) is 15.3 Å². The lowest BCUT2D eigenvalue weighted by atomic mass is 9.75. The third-order valence-corrected chi connectivity index (χ3v) is 4.57. The van der Waals surface area contributed by atoms with Crippen molar-refractivity contribution in [3.63, 3.8) is 0 Å². The number of hydrogen-bond donors (Lipinski definition) is 1. The van der Waals surface area contributed by atoms with E-state index in [1.54, 1.807) is 6.33 Å². The van der Waals surface area contributed by atoms with Crippen LogP contribution in [0.25, 0.3) is 0 Å². The van der Waals surface area contributed by atoms with Gasteiger partial charge in [-0.05, 0) is 37.2 Å². The van der Waals surface area contributed by atoms with Crippen LogP contribution in [0.4, 0.5) is 0 Å². The van der Waals surface area contributed by atoms with Gasteiger partial charge < -0.3 is 10.1 Å². The predicted molar refractivity (Wildman–Crippen MR) is 69.0 cm³/mol. The van der Waals surface area contributed by atoms with Gasteiger partial charge in [0, 0.05) is 32.0 Å². The fourth-order valence-electron chi connectivity index (χ4n) is 3.48. The highest BCUT2D eigenvalue weighted by atomic mass is 16.5. The summed E-state index contributed by atoms with van der Waals surface area (Å²) in [5.41, 5.74) is 1.57. The SMILES string of the molecule is c1cc(CNC2CCCC23CCOCC3)ncn1. The number of rotatable bonds is 3. The predicted octanol–water partition coefficient (Wildman–Crippen LogP) is 1.92. The normalized spacial score (nSPS) is 26.6. The molecule has 0 aromatic carbocycles. The van der Waals surface area contributed by atoms with Crippen LogP contribution in [-0.2, 0) is 11.3 Å². The van der Waals surface area contributed by atoms with Crippen molar-refractivity contribution in [2.24, 2.45) is 5.41 Å². The molecule has 1 spiro atoms. The molecule has 2 aliphatic rings. The maximum absolute atomic E-state index is 5.52. The highest BCUT2D eigenvalue weighted by Crippen LogP contribution is 2.45. The van der Waals surface area contributed by atoms with Crippen molar-refractivity contribution in [1.82, 2.24) is 15.3 Å². The lowest BCUT2D eigenvalue weighted by Gasteiger charge is -2.39. The van der Waals surface area contributed by atoms with E-state index < -0.39 is 0 Å². The first-order valence-electron chi connectivity index (χ1n) is 6.95. The third-order valence-electron chi connectivity index (χ3n) is 4.57. The topological polar surface area (TPSA) is 47.0 Å². The van der Waals surface area contributed by atoms with Crippen LogP contribution in [0.1, 0.15) is 37.8 Å². The zero-order valence-corrected chi connectivity index (χ0v) is 10.8. The van der Waals surface area contributed by atoms with Crippen LogP contribution in [-0.4, -0.2) is 29.2 Å². The van der Waals surface area contributed by atoms with E-state index >= 15 is 0 Å². The summed E-state index contributed by atoms with van der Waals surface area (Å²) in [7, 11) is 0. The highest BCUT2D eigenvalue weighted by molar-refractivity contribution is 5.01. The molecule has 0 amide bonds. The lowest BCUT2D eigenvalue weighted by molar-refractivity contribution is 0.00410. The minimum absolute atomic E-state index is 0.491. The van der Waals surface area contributed by atoms with Crippen LogP contribution >= 0.6 is 0 Å². The monoisotopic (exact) mass is 247 g/mol. The molecule has 1 aliphatic heterocycles. The van der Waals surface area contributed by atoms with Crippen LogP contribution in [0.15, 0.2) is 18.6 Å². The van der Waals surface area contributed by atoms with Gasteiger partial charge >= 0.3 is 0 Å². The Morgan fingerprint density at radius 1 is 1.33 bits per heavy atom. The second kappa shape index (κ2) is 5.33. The fourth-order valence-corrected chi connectivity index (χ4v) is 3.48. The number of ether oxygens (including phenoxy) is 1. The summed E-state index contributed by atoms with van der Waals surface area (Å²) in [5.74, 6) is 0. The Kier molecular flexibility index (Phi) is 3.57. The van der Waals surface area contributed by atoms with Crippen LogP contribution in [0.2, 0.25) is 0 Å². The van der Waals surface area contributed by atoms with E-state index in [-0.39, 0.29) is 0 Å². The van der Waals surface area contributed by atoms with Crippen molar-refractivity contribution in [1.29, 1.82) is 0 Å². The minimum atomic E-state index is 0.491. The Bertz CT molecular complexity index is 376. The van der Waals surface area contributed by atoms with Crippen molar-refractivity contribution in [2.45, 2.75) is 44.7 Å². The van der Waals surface area contributed by atoms with Gasteiger partial charge in [-0.25, -0.2) is 9.97 Å². The van der Waals surface area contributed by atoms with E-state index in [0.29, 0.717) is 11.5 Å². The van der Waals surface area contributed by atoms with Gasteiger partial charge in [-0.2, -0.15) is 0 Å². The van der Waals surface area contributed by atoms with Gasteiger partial charge in [0.1, 0.15) is 6.33 Å². The summed E-state index contributed by atoms with van der Waals surface area (Å²) < 4.78 is 5.52. The van der Waals surface area contributed by atoms with Gasteiger partial charge in [0.05, 0.1) is 5.69 Å². The maximum atomic E-state index is 5.52. The zero-order valence-electron chi connectivity index (χ0n) is 10.8. The minimum Gasteiger partial charge on any atom is -0.381 e. The van der Waals surface area contributed by atoms with Crippen LogP contribution in [0.3, 0.4) is 0 Å². The molecule has 0 radical (unpaired) electrons. The third kappa shape index (κ3) is 2.40. The molecule has 2 fully saturated rings. The van der Waals surface area contributed by atoms with Crippen molar-refractivity contribution in [2.75, 3.05) is 13.2 Å². The molecule has 0 bridgehead atoms. The smallest absolute Gasteiger partial charge is 0.115 e. The standard InChI is InChI=1S/C14H21N3O/c1-2-13(14(4-1)5-8-18-9-6-14)16-10-12-3-7-15-11-17-12/h3,7,11,13,16H,1-2,4-6,8-10H2. The molecule has 18 heavy (non-hydrogen) atoms. The lowest BCUT2D eigenvalue weighted by Crippen LogP contribution is -2.44. The number of aromatic nitrogens is 2. The van der Waals surface area contributed by atoms with Gasteiger partial charge in [0.15, 0.2) is 0 Å².